The summed E-state index contributed by atoms with van der Waals surface area (Å²) in [6.07, 6.45) is 0. The van der Waals surface area contributed by atoms with Crippen molar-refractivity contribution in [3.8, 4) is 11.8 Å². The van der Waals surface area contributed by atoms with E-state index in [2.05, 4.69) is 30.9 Å². The zero-order chi connectivity index (χ0) is 15.4. The molecule has 6 nitrogen and oxygen atoms in total. The summed E-state index contributed by atoms with van der Waals surface area (Å²) in [5.41, 5.74) is 5.68. The molecular weight excluding hydrogens is 341 g/mol. The van der Waals surface area contributed by atoms with Crippen molar-refractivity contribution in [3.05, 3.63) is 28.5 Å². The third-order valence-electron chi connectivity index (χ3n) is 2.77. The molecule has 2 rings (SSSR count). The van der Waals surface area contributed by atoms with Gasteiger partial charge in [-0.25, -0.2) is 4.39 Å². The van der Waals surface area contributed by atoms with Gasteiger partial charge in [0.1, 0.15) is 11.6 Å². The summed E-state index contributed by atoms with van der Waals surface area (Å²) in [6.45, 7) is 5.45. The number of benzene rings is 1. The van der Waals surface area contributed by atoms with E-state index in [1.165, 1.54) is 18.2 Å². The van der Waals surface area contributed by atoms with Crippen molar-refractivity contribution in [1.82, 2.24) is 15.0 Å². The second-order valence-corrected chi connectivity index (χ2v) is 4.98. The molecule has 0 aliphatic heterocycles. The molecule has 0 amide bonds. The lowest BCUT2D eigenvalue weighted by atomic mass is 10.3. The first-order valence-corrected chi connectivity index (χ1v) is 7.22. The number of hydrogen-bond acceptors (Lipinski definition) is 6. The van der Waals surface area contributed by atoms with Crippen LogP contribution in [0.2, 0.25) is 0 Å². The van der Waals surface area contributed by atoms with Crippen LogP contribution >= 0.6 is 15.9 Å². The fraction of sp³-hybridized carbons (Fsp3) is 0.308. The summed E-state index contributed by atoms with van der Waals surface area (Å²) in [5, 5.41) is 0. The van der Waals surface area contributed by atoms with Crippen molar-refractivity contribution in [2.75, 3.05) is 23.7 Å². The molecule has 1 heterocycles. The number of nitrogens with zero attached hydrogens (tertiary/aromatic N) is 4. The Kier molecular flexibility index (Phi) is 4.89. The Morgan fingerprint density at radius 1 is 1.24 bits per heavy atom. The van der Waals surface area contributed by atoms with Gasteiger partial charge in [-0.2, -0.15) is 15.0 Å². The summed E-state index contributed by atoms with van der Waals surface area (Å²) in [6, 6.07) is 4.33. The summed E-state index contributed by atoms with van der Waals surface area (Å²) in [5.74, 6) is 0.549. The smallest absolute Gasteiger partial charge is 0.328 e. The molecule has 0 saturated carbocycles. The molecule has 0 spiro atoms. The average Bonchev–Trinajstić information content (AvgIpc) is 2.44. The van der Waals surface area contributed by atoms with Crippen molar-refractivity contribution in [1.29, 1.82) is 0 Å². The van der Waals surface area contributed by atoms with E-state index in [9.17, 15) is 4.39 Å². The molecule has 2 N–H and O–H groups in total. The lowest BCUT2D eigenvalue weighted by Gasteiger charge is -2.18. The van der Waals surface area contributed by atoms with Gasteiger partial charge in [-0.05, 0) is 48.0 Å². The molecule has 0 aliphatic carbocycles. The molecule has 0 unspecified atom stereocenters. The van der Waals surface area contributed by atoms with Gasteiger partial charge in [0.05, 0.1) is 4.47 Å². The van der Waals surface area contributed by atoms with Crippen molar-refractivity contribution < 1.29 is 9.13 Å². The molecule has 21 heavy (non-hydrogen) atoms. The molecule has 1 aromatic heterocycles. The van der Waals surface area contributed by atoms with Crippen molar-refractivity contribution in [2.24, 2.45) is 0 Å². The minimum absolute atomic E-state index is 0.0721. The van der Waals surface area contributed by atoms with Crippen LogP contribution in [0.15, 0.2) is 22.7 Å². The van der Waals surface area contributed by atoms with Gasteiger partial charge in [0.2, 0.25) is 11.9 Å². The Bertz CT molecular complexity index is 636. The van der Waals surface area contributed by atoms with Gasteiger partial charge in [-0.1, -0.05) is 0 Å². The average molecular weight is 356 g/mol. The van der Waals surface area contributed by atoms with Gasteiger partial charge in [-0.15, -0.1) is 0 Å². The molecule has 112 valence electrons. The van der Waals surface area contributed by atoms with Crippen molar-refractivity contribution in [3.63, 3.8) is 0 Å². The zero-order valence-corrected chi connectivity index (χ0v) is 13.3. The monoisotopic (exact) mass is 355 g/mol. The Morgan fingerprint density at radius 3 is 2.57 bits per heavy atom. The predicted molar refractivity (Wildman–Crippen MR) is 82.0 cm³/mol. The van der Waals surface area contributed by atoms with Crippen LogP contribution in [0.5, 0.6) is 11.8 Å². The van der Waals surface area contributed by atoms with Crippen LogP contribution in [0.25, 0.3) is 0 Å². The van der Waals surface area contributed by atoms with E-state index in [1.54, 1.807) is 0 Å². The van der Waals surface area contributed by atoms with Crippen LogP contribution in [-0.4, -0.2) is 28.0 Å². The van der Waals surface area contributed by atoms with Crippen LogP contribution in [0.1, 0.15) is 13.8 Å². The molecule has 0 saturated heterocycles. The summed E-state index contributed by atoms with van der Waals surface area (Å²) in [7, 11) is 0. The van der Waals surface area contributed by atoms with Crippen LogP contribution in [-0.2, 0) is 0 Å². The number of aromatic nitrogens is 3. The third kappa shape index (κ3) is 3.78. The van der Waals surface area contributed by atoms with Crippen LogP contribution in [0.4, 0.5) is 16.3 Å². The van der Waals surface area contributed by atoms with Gasteiger partial charge in [0, 0.05) is 13.1 Å². The van der Waals surface area contributed by atoms with Gasteiger partial charge >= 0.3 is 6.01 Å². The quantitative estimate of drug-likeness (QED) is 0.888. The van der Waals surface area contributed by atoms with Gasteiger partial charge in [-0.3, -0.25) is 0 Å². The molecule has 2 aromatic rings. The predicted octanol–water partition coefficient (Wildman–Crippen LogP) is 2.99. The van der Waals surface area contributed by atoms with E-state index in [0.29, 0.717) is 16.2 Å². The van der Waals surface area contributed by atoms with Crippen LogP contribution in [0, 0.1) is 5.82 Å². The highest BCUT2D eigenvalue weighted by atomic mass is 79.9. The first-order chi connectivity index (χ1) is 10.0. The summed E-state index contributed by atoms with van der Waals surface area (Å²) >= 11 is 3.09. The maximum atomic E-state index is 13.2. The fourth-order valence-electron chi connectivity index (χ4n) is 1.70. The standard InChI is InChI=1S/C13H15BrFN5O/c1-3-20(4-2)12-17-11(16)18-13(19-12)21-8-5-6-10(15)9(14)7-8/h5-7H,3-4H2,1-2H3,(H2,16,17,18,19). The number of hydrogen-bond donors (Lipinski definition) is 1. The Balaban J connectivity index is 2.29. The molecule has 0 aliphatic rings. The highest BCUT2D eigenvalue weighted by Crippen LogP contribution is 2.25. The van der Waals surface area contributed by atoms with E-state index in [-0.39, 0.29) is 17.8 Å². The molecule has 0 fully saturated rings. The largest absolute Gasteiger partial charge is 0.424 e. The maximum Gasteiger partial charge on any atom is 0.328 e. The lowest BCUT2D eigenvalue weighted by molar-refractivity contribution is 0.438. The number of rotatable bonds is 5. The molecule has 0 bridgehead atoms. The second-order valence-electron chi connectivity index (χ2n) is 4.13. The molecule has 1 aromatic carbocycles. The van der Waals surface area contributed by atoms with Crippen LogP contribution < -0.4 is 15.4 Å². The number of nitrogen functional groups attached to an aromatic ring is 1. The third-order valence-corrected chi connectivity index (χ3v) is 3.37. The first-order valence-electron chi connectivity index (χ1n) is 6.42. The van der Waals surface area contributed by atoms with E-state index >= 15 is 0 Å². The van der Waals surface area contributed by atoms with Crippen LogP contribution in [0.3, 0.4) is 0 Å². The highest BCUT2D eigenvalue weighted by molar-refractivity contribution is 9.10. The van der Waals surface area contributed by atoms with E-state index in [4.69, 9.17) is 10.5 Å². The summed E-state index contributed by atoms with van der Waals surface area (Å²) < 4.78 is 19.0. The van der Waals surface area contributed by atoms with Gasteiger partial charge in [0.15, 0.2) is 0 Å². The second kappa shape index (κ2) is 6.66. The first kappa shape index (κ1) is 15.4. The SMILES string of the molecule is CCN(CC)c1nc(N)nc(Oc2ccc(F)c(Br)c2)n1. The minimum Gasteiger partial charge on any atom is -0.424 e. The highest BCUT2D eigenvalue weighted by Gasteiger charge is 2.12. The van der Waals surface area contributed by atoms with Gasteiger partial charge < -0.3 is 15.4 Å². The molecule has 0 radical (unpaired) electrons. The van der Waals surface area contributed by atoms with E-state index in [0.717, 1.165) is 13.1 Å². The number of anilines is 2. The Morgan fingerprint density at radius 2 is 1.95 bits per heavy atom. The van der Waals surface area contributed by atoms with Crippen molar-refractivity contribution in [2.45, 2.75) is 13.8 Å². The Labute approximate surface area is 130 Å². The molecule has 8 heteroatoms. The maximum absolute atomic E-state index is 13.2. The van der Waals surface area contributed by atoms with Gasteiger partial charge in [0.25, 0.3) is 0 Å². The zero-order valence-electron chi connectivity index (χ0n) is 11.7. The topological polar surface area (TPSA) is 77.2 Å². The van der Waals surface area contributed by atoms with Crippen molar-refractivity contribution >= 4 is 27.8 Å². The summed E-state index contributed by atoms with van der Waals surface area (Å²) in [4.78, 5) is 14.1. The van der Waals surface area contributed by atoms with E-state index in [1.807, 2.05) is 18.7 Å². The number of halogens is 2. The fourth-order valence-corrected chi connectivity index (χ4v) is 2.06. The van der Waals surface area contributed by atoms with E-state index < -0.39 is 0 Å². The number of nitrogens with two attached hydrogens (primary N) is 1. The minimum atomic E-state index is -0.374. The normalized spacial score (nSPS) is 10.5. The Hall–Kier alpha value is -1.96. The molecule has 0 atom stereocenters. The molecular formula is C13H15BrFN5O. The number of ether oxygens (including phenoxy) is 1. The lowest BCUT2D eigenvalue weighted by Crippen LogP contribution is -2.25.